The molecule has 1 fully saturated rings. The predicted octanol–water partition coefficient (Wildman–Crippen LogP) is 2.69. The van der Waals surface area contributed by atoms with E-state index < -0.39 is 5.91 Å². The van der Waals surface area contributed by atoms with Crippen molar-refractivity contribution in [2.45, 2.75) is 43.5 Å². The Labute approximate surface area is 123 Å². The SMILES string of the molecule is CSC1CCCC(NCc2cc(C(N)=O)ccc2F)C1. The van der Waals surface area contributed by atoms with Crippen molar-refractivity contribution in [3.05, 3.63) is 35.1 Å². The minimum Gasteiger partial charge on any atom is -0.366 e. The van der Waals surface area contributed by atoms with Gasteiger partial charge in [-0.3, -0.25) is 4.79 Å². The average Bonchev–Trinajstić information content (AvgIpc) is 2.46. The van der Waals surface area contributed by atoms with E-state index in [2.05, 4.69) is 11.6 Å². The molecule has 1 saturated carbocycles. The summed E-state index contributed by atoms with van der Waals surface area (Å²) >= 11 is 1.91. The Morgan fingerprint density at radius 1 is 1.50 bits per heavy atom. The third-order valence-electron chi connectivity index (χ3n) is 3.87. The molecular formula is C15H21FN2OS. The minimum atomic E-state index is -0.522. The molecule has 2 unspecified atom stereocenters. The first-order valence-corrected chi connectivity index (χ1v) is 8.23. The van der Waals surface area contributed by atoms with Crippen LogP contribution in [0.3, 0.4) is 0 Å². The molecule has 2 rings (SSSR count). The van der Waals surface area contributed by atoms with Gasteiger partial charge in [-0.1, -0.05) is 6.42 Å². The Morgan fingerprint density at radius 3 is 3.00 bits per heavy atom. The first kappa shape index (κ1) is 15.3. The van der Waals surface area contributed by atoms with Gasteiger partial charge in [-0.2, -0.15) is 11.8 Å². The van der Waals surface area contributed by atoms with Crippen LogP contribution in [0, 0.1) is 5.82 Å². The molecule has 3 nitrogen and oxygen atoms in total. The van der Waals surface area contributed by atoms with Gasteiger partial charge in [0.25, 0.3) is 0 Å². The minimum absolute atomic E-state index is 0.292. The van der Waals surface area contributed by atoms with Gasteiger partial charge in [0, 0.05) is 29.0 Å². The maximum Gasteiger partial charge on any atom is 0.248 e. The van der Waals surface area contributed by atoms with Crippen LogP contribution in [-0.2, 0) is 6.54 Å². The number of thioether (sulfide) groups is 1. The highest BCUT2D eigenvalue weighted by Gasteiger charge is 2.21. The van der Waals surface area contributed by atoms with Gasteiger partial charge < -0.3 is 11.1 Å². The lowest BCUT2D eigenvalue weighted by Gasteiger charge is -2.28. The van der Waals surface area contributed by atoms with Crippen LogP contribution >= 0.6 is 11.8 Å². The number of hydrogen-bond donors (Lipinski definition) is 2. The molecule has 1 amide bonds. The summed E-state index contributed by atoms with van der Waals surface area (Å²) < 4.78 is 13.7. The molecule has 0 heterocycles. The smallest absolute Gasteiger partial charge is 0.248 e. The van der Waals surface area contributed by atoms with E-state index in [4.69, 9.17) is 5.73 Å². The maximum absolute atomic E-state index is 13.7. The Morgan fingerprint density at radius 2 is 2.30 bits per heavy atom. The van der Waals surface area contributed by atoms with Crippen molar-refractivity contribution in [3.63, 3.8) is 0 Å². The number of halogens is 1. The van der Waals surface area contributed by atoms with E-state index >= 15 is 0 Å². The average molecular weight is 296 g/mol. The Kier molecular flexibility index (Phi) is 5.43. The van der Waals surface area contributed by atoms with Crippen molar-refractivity contribution in [2.24, 2.45) is 5.73 Å². The molecule has 2 atom stereocenters. The second-order valence-corrected chi connectivity index (χ2v) is 6.41. The fourth-order valence-corrected chi connectivity index (χ4v) is 3.49. The molecule has 5 heteroatoms. The number of primary amides is 1. The van der Waals surface area contributed by atoms with Crippen LogP contribution in [-0.4, -0.2) is 23.5 Å². The van der Waals surface area contributed by atoms with E-state index in [0.29, 0.717) is 29.0 Å². The zero-order valence-electron chi connectivity index (χ0n) is 11.7. The van der Waals surface area contributed by atoms with E-state index in [-0.39, 0.29) is 5.82 Å². The van der Waals surface area contributed by atoms with Gasteiger partial charge in [-0.25, -0.2) is 4.39 Å². The number of rotatable bonds is 5. The fraction of sp³-hybridized carbons (Fsp3) is 0.533. The molecule has 0 saturated heterocycles. The highest BCUT2D eigenvalue weighted by molar-refractivity contribution is 7.99. The number of hydrogen-bond acceptors (Lipinski definition) is 3. The zero-order valence-corrected chi connectivity index (χ0v) is 12.5. The van der Waals surface area contributed by atoms with Gasteiger partial charge in [0.05, 0.1) is 0 Å². The van der Waals surface area contributed by atoms with E-state index in [1.165, 1.54) is 25.0 Å². The van der Waals surface area contributed by atoms with E-state index in [1.54, 1.807) is 6.07 Å². The molecule has 1 aromatic rings. The number of carbonyl (C=O) groups excluding carboxylic acids is 1. The molecule has 1 aromatic carbocycles. The second kappa shape index (κ2) is 7.09. The van der Waals surface area contributed by atoms with Crippen LogP contribution < -0.4 is 11.1 Å². The van der Waals surface area contributed by atoms with Crippen molar-refractivity contribution >= 4 is 17.7 Å². The highest BCUT2D eigenvalue weighted by atomic mass is 32.2. The first-order valence-electron chi connectivity index (χ1n) is 6.94. The molecule has 1 aliphatic rings. The Hall–Kier alpha value is -1.07. The number of nitrogens with two attached hydrogens (primary N) is 1. The lowest BCUT2D eigenvalue weighted by atomic mass is 9.94. The Bertz CT molecular complexity index is 481. The lowest BCUT2D eigenvalue weighted by Crippen LogP contribution is -2.34. The van der Waals surface area contributed by atoms with Gasteiger partial charge in [-0.05, 0) is 43.7 Å². The first-order chi connectivity index (χ1) is 9.60. The van der Waals surface area contributed by atoms with Crippen LogP contribution in [0.15, 0.2) is 18.2 Å². The number of benzene rings is 1. The summed E-state index contributed by atoms with van der Waals surface area (Å²) in [4.78, 5) is 11.1. The highest BCUT2D eigenvalue weighted by Crippen LogP contribution is 2.27. The Balaban J connectivity index is 1.96. The topological polar surface area (TPSA) is 55.1 Å². The largest absolute Gasteiger partial charge is 0.366 e. The number of amides is 1. The van der Waals surface area contributed by atoms with E-state index in [0.717, 1.165) is 12.8 Å². The molecule has 20 heavy (non-hydrogen) atoms. The van der Waals surface area contributed by atoms with Gasteiger partial charge in [-0.15, -0.1) is 0 Å². The summed E-state index contributed by atoms with van der Waals surface area (Å²) in [5.74, 6) is -0.814. The van der Waals surface area contributed by atoms with Crippen molar-refractivity contribution in [1.29, 1.82) is 0 Å². The summed E-state index contributed by atoms with van der Waals surface area (Å²) in [5.41, 5.74) is 6.09. The summed E-state index contributed by atoms with van der Waals surface area (Å²) in [7, 11) is 0. The summed E-state index contributed by atoms with van der Waals surface area (Å²) in [6.07, 6.45) is 6.88. The number of nitrogens with one attached hydrogen (secondary N) is 1. The summed E-state index contributed by atoms with van der Waals surface area (Å²) in [6.45, 7) is 0.443. The second-order valence-electron chi connectivity index (χ2n) is 5.27. The van der Waals surface area contributed by atoms with Crippen molar-refractivity contribution in [1.82, 2.24) is 5.32 Å². The molecule has 1 aliphatic carbocycles. The van der Waals surface area contributed by atoms with Gasteiger partial charge in [0.1, 0.15) is 5.82 Å². The van der Waals surface area contributed by atoms with E-state index in [9.17, 15) is 9.18 Å². The molecule has 3 N–H and O–H groups in total. The molecule has 0 bridgehead atoms. The monoisotopic (exact) mass is 296 g/mol. The molecule has 110 valence electrons. The number of carbonyl (C=O) groups is 1. The van der Waals surface area contributed by atoms with E-state index in [1.807, 2.05) is 11.8 Å². The normalized spacial score (nSPS) is 22.7. The molecule has 0 spiro atoms. The molecule has 0 radical (unpaired) electrons. The quantitative estimate of drug-likeness (QED) is 0.878. The molecular weight excluding hydrogens is 275 g/mol. The summed E-state index contributed by atoms with van der Waals surface area (Å²) in [6, 6.07) is 4.70. The fourth-order valence-electron chi connectivity index (χ4n) is 2.66. The van der Waals surface area contributed by atoms with Crippen molar-refractivity contribution < 1.29 is 9.18 Å². The third-order valence-corrected chi connectivity index (χ3v) is 4.97. The van der Waals surface area contributed by atoms with Crippen molar-refractivity contribution in [3.8, 4) is 0 Å². The van der Waals surface area contributed by atoms with Gasteiger partial charge in [0.15, 0.2) is 0 Å². The van der Waals surface area contributed by atoms with Crippen LogP contribution in [0.4, 0.5) is 4.39 Å². The lowest BCUT2D eigenvalue weighted by molar-refractivity contribution is 0.1000. The third kappa shape index (κ3) is 3.96. The molecule has 0 aliphatic heterocycles. The van der Waals surface area contributed by atoms with Crippen LogP contribution in [0.1, 0.15) is 41.6 Å². The van der Waals surface area contributed by atoms with Gasteiger partial charge in [0.2, 0.25) is 5.91 Å². The van der Waals surface area contributed by atoms with Gasteiger partial charge >= 0.3 is 0 Å². The van der Waals surface area contributed by atoms with Crippen molar-refractivity contribution in [2.75, 3.05) is 6.26 Å². The zero-order chi connectivity index (χ0) is 14.5. The molecule has 0 aromatic heterocycles. The predicted molar refractivity (Wildman–Crippen MR) is 81.3 cm³/mol. The summed E-state index contributed by atoms with van der Waals surface area (Å²) in [5, 5.41) is 4.10. The maximum atomic E-state index is 13.7. The van der Waals surface area contributed by atoms with Crippen LogP contribution in [0.25, 0.3) is 0 Å². The standard InChI is InChI=1S/C15H21FN2OS/c1-20-13-4-2-3-12(8-13)18-9-11-7-10(15(17)19)5-6-14(11)16/h5-7,12-13,18H,2-4,8-9H2,1H3,(H2,17,19). The van der Waals surface area contributed by atoms with Crippen LogP contribution in [0.2, 0.25) is 0 Å². The van der Waals surface area contributed by atoms with Crippen LogP contribution in [0.5, 0.6) is 0 Å².